The molecule has 2 amide bonds. The maximum absolute atomic E-state index is 12.8. The summed E-state index contributed by atoms with van der Waals surface area (Å²) in [4.78, 5) is 25.5. The molecule has 0 aliphatic carbocycles. The van der Waals surface area contributed by atoms with Crippen molar-refractivity contribution < 1.29 is 42.1 Å². The molecule has 0 aliphatic rings. The average Bonchev–Trinajstić information content (AvgIpc) is 2.88. The van der Waals surface area contributed by atoms with Crippen molar-refractivity contribution in [2.75, 3.05) is 39.5 Å². The minimum atomic E-state index is -4.22. The SMILES string of the molecule is CCOC(Cc1ccc(OCCN(CCOCCCC(F)(F)F)C(=O)NCc2ccccc2)cc1)C(=O)O. The number of hydrogen-bond donors (Lipinski definition) is 2. The van der Waals surface area contributed by atoms with E-state index in [2.05, 4.69) is 5.32 Å². The lowest BCUT2D eigenvalue weighted by atomic mass is 10.1. The van der Waals surface area contributed by atoms with Crippen molar-refractivity contribution in [3.63, 3.8) is 0 Å². The van der Waals surface area contributed by atoms with Crippen molar-refractivity contribution in [1.82, 2.24) is 10.2 Å². The third kappa shape index (κ3) is 12.8. The largest absolute Gasteiger partial charge is 0.492 e. The molecule has 210 valence electrons. The highest BCUT2D eigenvalue weighted by molar-refractivity contribution is 5.74. The minimum absolute atomic E-state index is 0.0478. The van der Waals surface area contributed by atoms with E-state index >= 15 is 0 Å². The maximum atomic E-state index is 12.8. The first-order chi connectivity index (χ1) is 18.2. The number of carbonyl (C=O) groups is 2. The van der Waals surface area contributed by atoms with Gasteiger partial charge in [-0.1, -0.05) is 42.5 Å². The van der Waals surface area contributed by atoms with Gasteiger partial charge < -0.3 is 29.5 Å². The van der Waals surface area contributed by atoms with Crippen LogP contribution in [0.25, 0.3) is 0 Å². The number of nitrogens with zero attached hydrogens (tertiary/aromatic N) is 1. The fraction of sp³-hybridized carbons (Fsp3) is 0.481. The predicted molar refractivity (Wildman–Crippen MR) is 135 cm³/mol. The topological polar surface area (TPSA) is 97.3 Å². The van der Waals surface area contributed by atoms with E-state index in [9.17, 15) is 27.9 Å². The first kappa shape index (κ1) is 30.9. The van der Waals surface area contributed by atoms with E-state index in [1.54, 1.807) is 31.2 Å². The Hall–Kier alpha value is -3.31. The number of carboxylic acid groups (broad SMARTS) is 1. The molecule has 0 saturated carbocycles. The average molecular weight is 541 g/mol. The molecule has 8 nitrogen and oxygen atoms in total. The van der Waals surface area contributed by atoms with Crippen molar-refractivity contribution in [2.24, 2.45) is 0 Å². The zero-order chi connectivity index (χ0) is 27.8. The molecule has 2 aromatic rings. The Morgan fingerprint density at radius 3 is 2.29 bits per heavy atom. The number of halogens is 3. The van der Waals surface area contributed by atoms with E-state index in [1.807, 2.05) is 30.3 Å². The fourth-order valence-corrected chi connectivity index (χ4v) is 3.48. The molecule has 0 heterocycles. The molecular weight excluding hydrogens is 505 g/mol. The number of urea groups is 1. The van der Waals surface area contributed by atoms with Gasteiger partial charge in [-0.15, -0.1) is 0 Å². The Morgan fingerprint density at radius 2 is 1.66 bits per heavy atom. The number of carboxylic acids is 1. The fourth-order valence-electron chi connectivity index (χ4n) is 3.48. The van der Waals surface area contributed by atoms with Crippen LogP contribution >= 0.6 is 0 Å². The third-order valence-corrected chi connectivity index (χ3v) is 5.45. The number of ether oxygens (including phenoxy) is 3. The molecule has 11 heteroatoms. The van der Waals surface area contributed by atoms with Crippen LogP contribution in [0.3, 0.4) is 0 Å². The Kier molecular flexibility index (Phi) is 13.4. The van der Waals surface area contributed by atoms with Crippen LogP contribution in [0.4, 0.5) is 18.0 Å². The summed E-state index contributed by atoms with van der Waals surface area (Å²) in [6, 6.07) is 16.0. The summed E-state index contributed by atoms with van der Waals surface area (Å²) in [6.07, 6.45) is -5.97. The molecule has 2 aromatic carbocycles. The number of benzene rings is 2. The normalized spacial score (nSPS) is 12.1. The van der Waals surface area contributed by atoms with Crippen molar-refractivity contribution >= 4 is 12.0 Å². The van der Waals surface area contributed by atoms with Gasteiger partial charge in [0.05, 0.1) is 13.2 Å². The van der Waals surface area contributed by atoms with Crippen LogP contribution in [0, 0.1) is 0 Å². The molecule has 1 atom stereocenters. The molecule has 0 fully saturated rings. The highest BCUT2D eigenvalue weighted by atomic mass is 19.4. The van der Waals surface area contributed by atoms with Crippen LogP contribution in [-0.4, -0.2) is 73.8 Å². The van der Waals surface area contributed by atoms with Gasteiger partial charge in [-0.2, -0.15) is 13.2 Å². The number of carbonyl (C=O) groups excluding carboxylic acids is 1. The van der Waals surface area contributed by atoms with Gasteiger partial charge in [0.1, 0.15) is 12.4 Å². The van der Waals surface area contributed by atoms with Crippen molar-refractivity contribution in [1.29, 1.82) is 0 Å². The van der Waals surface area contributed by atoms with E-state index in [1.165, 1.54) is 4.90 Å². The van der Waals surface area contributed by atoms with Gasteiger partial charge >= 0.3 is 18.2 Å². The van der Waals surface area contributed by atoms with Gasteiger partial charge in [-0.25, -0.2) is 9.59 Å². The zero-order valence-electron chi connectivity index (χ0n) is 21.4. The molecule has 0 spiro atoms. The van der Waals surface area contributed by atoms with Crippen LogP contribution in [0.2, 0.25) is 0 Å². The van der Waals surface area contributed by atoms with E-state index in [-0.39, 0.29) is 51.8 Å². The number of alkyl halides is 3. The van der Waals surface area contributed by atoms with Crippen LogP contribution in [0.15, 0.2) is 54.6 Å². The second kappa shape index (κ2) is 16.5. The molecule has 2 N–H and O–H groups in total. The predicted octanol–water partition coefficient (Wildman–Crippen LogP) is 4.67. The molecule has 0 saturated heterocycles. The number of hydrogen-bond acceptors (Lipinski definition) is 5. The number of aliphatic carboxylic acids is 1. The molecule has 1 unspecified atom stereocenters. The number of nitrogens with one attached hydrogen (secondary N) is 1. The lowest BCUT2D eigenvalue weighted by Crippen LogP contribution is -2.43. The first-order valence-corrected chi connectivity index (χ1v) is 12.4. The lowest BCUT2D eigenvalue weighted by molar-refractivity contribution is -0.150. The highest BCUT2D eigenvalue weighted by Gasteiger charge is 2.26. The minimum Gasteiger partial charge on any atom is -0.492 e. The molecule has 0 aromatic heterocycles. The third-order valence-electron chi connectivity index (χ3n) is 5.45. The summed E-state index contributed by atoms with van der Waals surface area (Å²) in [5, 5.41) is 12.1. The highest BCUT2D eigenvalue weighted by Crippen LogP contribution is 2.21. The monoisotopic (exact) mass is 540 g/mol. The van der Waals surface area contributed by atoms with E-state index < -0.39 is 24.7 Å². The Balaban J connectivity index is 1.85. The summed E-state index contributed by atoms with van der Waals surface area (Å²) < 4.78 is 53.1. The first-order valence-electron chi connectivity index (χ1n) is 12.4. The molecule has 38 heavy (non-hydrogen) atoms. The van der Waals surface area contributed by atoms with E-state index in [0.29, 0.717) is 18.9 Å². The smallest absolute Gasteiger partial charge is 0.389 e. The van der Waals surface area contributed by atoms with Gasteiger partial charge in [0.2, 0.25) is 0 Å². The number of amides is 2. The van der Waals surface area contributed by atoms with E-state index in [0.717, 1.165) is 11.1 Å². The maximum Gasteiger partial charge on any atom is 0.389 e. The van der Waals surface area contributed by atoms with Crippen LogP contribution in [-0.2, 0) is 27.2 Å². The second-order valence-electron chi connectivity index (χ2n) is 8.44. The summed E-state index contributed by atoms with van der Waals surface area (Å²) in [6.45, 7) is 2.98. The quantitative estimate of drug-likeness (QED) is 0.283. The molecule has 2 rings (SSSR count). The van der Waals surface area contributed by atoms with Gasteiger partial charge in [0.25, 0.3) is 0 Å². The summed E-state index contributed by atoms with van der Waals surface area (Å²) in [5.74, 6) is -0.479. The van der Waals surface area contributed by atoms with Crippen molar-refractivity contribution in [2.45, 2.75) is 45.0 Å². The zero-order valence-corrected chi connectivity index (χ0v) is 21.4. The Labute approximate surface area is 220 Å². The molecule has 0 aliphatic heterocycles. The molecular formula is C27H35F3N2O6. The van der Waals surface area contributed by atoms with E-state index in [4.69, 9.17) is 14.2 Å². The second-order valence-corrected chi connectivity index (χ2v) is 8.44. The van der Waals surface area contributed by atoms with Gasteiger partial charge in [0, 0.05) is 39.1 Å². The van der Waals surface area contributed by atoms with Gasteiger partial charge in [0.15, 0.2) is 6.10 Å². The van der Waals surface area contributed by atoms with Crippen molar-refractivity contribution in [3.8, 4) is 5.75 Å². The molecule has 0 radical (unpaired) electrons. The van der Waals surface area contributed by atoms with Crippen LogP contribution < -0.4 is 10.1 Å². The van der Waals surface area contributed by atoms with Crippen molar-refractivity contribution in [3.05, 3.63) is 65.7 Å². The summed E-state index contributed by atoms with van der Waals surface area (Å²) >= 11 is 0. The van der Waals surface area contributed by atoms with Crippen LogP contribution in [0.5, 0.6) is 5.75 Å². The lowest BCUT2D eigenvalue weighted by Gasteiger charge is -2.23. The Bertz CT molecular complexity index is 958. The standard InChI is InChI=1S/C27H35F3N2O6/c1-2-37-24(25(33)34)19-21-9-11-23(12-10-21)38-18-15-32(14-17-36-16-6-13-27(28,29)30)26(35)31-20-22-7-4-3-5-8-22/h3-5,7-12,24H,2,6,13-20H2,1H3,(H,31,35)(H,33,34). The van der Waals surface area contributed by atoms with Crippen LogP contribution in [0.1, 0.15) is 30.9 Å². The summed E-state index contributed by atoms with van der Waals surface area (Å²) in [5.41, 5.74) is 1.71. The van der Waals surface area contributed by atoms with Gasteiger partial charge in [-0.05, 0) is 36.6 Å². The van der Waals surface area contributed by atoms with Gasteiger partial charge in [-0.3, -0.25) is 0 Å². The number of rotatable bonds is 17. The Morgan fingerprint density at radius 1 is 0.974 bits per heavy atom. The molecule has 0 bridgehead atoms. The summed E-state index contributed by atoms with van der Waals surface area (Å²) in [7, 11) is 0.